The Kier molecular flexibility index (Phi) is 5.04. The lowest BCUT2D eigenvalue weighted by Gasteiger charge is -2.05. The molecular weight excluding hydrogens is 257 g/mol. The second-order valence-electron chi connectivity index (χ2n) is 2.82. The van der Waals surface area contributed by atoms with Crippen molar-refractivity contribution in [1.82, 2.24) is 0 Å². The highest BCUT2D eigenvalue weighted by Gasteiger charge is 2.29. The van der Waals surface area contributed by atoms with Crippen molar-refractivity contribution < 1.29 is 13.2 Å². The van der Waals surface area contributed by atoms with Gasteiger partial charge >= 0.3 is 5.51 Å². The molecule has 0 saturated carbocycles. The molecule has 0 unspecified atom stereocenters. The minimum Gasteiger partial charge on any atom is -0.160 e. The molecule has 0 nitrogen and oxygen atoms in total. The predicted octanol–water partition coefficient (Wildman–Crippen LogP) is 4.28. The zero-order chi connectivity index (χ0) is 12.0. The highest BCUT2D eigenvalue weighted by atomic mass is 35.5. The van der Waals surface area contributed by atoms with Gasteiger partial charge < -0.3 is 0 Å². The van der Waals surface area contributed by atoms with Crippen LogP contribution in [0.2, 0.25) is 0 Å². The first kappa shape index (κ1) is 13.3. The van der Waals surface area contributed by atoms with Crippen LogP contribution >= 0.6 is 23.4 Å². The van der Waals surface area contributed by atoms with E-state index >= 15 is 0 Å². The largest absolute Gasteiger partial charge is 0.446 e. The SMILES string of the molecule is FC(F)(F)Sc1cccc(C#CCCCl)c1. The number of hydrogen-bond donors (Lipinski definition) is 0. The van der Waals surface area contributed by atoms with Crippen LogP contribution in [0.3, 0.4) is 0 Å². The van der Waals surface area contributed by atoms with Crippen molar-refractivity contribution in [2.24, 2.45) is 0 Å². The van der Waals surface area contributed by atoms with Gasteiger partial charge in [-0.15, -0.1) is 11.6 Å². The quantitative estimate of drug-likeness (QED) is 0.436. The van der Waals surface area contributed by atoms with Crippen LogP contribution in [0.4, 0.5) is 13.2 Å². The summed E-state index contributed by atoms with van der Waals surface area (Å²) in [5.74, 6) is 5.95. The van der Waals surface area contributed by atoms with Crippen LogP contribution < -0.4 is 0 Å². The normalized spacial score (nSPS) is 10.8. The molecule has 0 spiro atoms. The lowest BCUT2D eigenvalue weighted by atomic mass is 10.2. The molecule has 1 aromatic carbocycles. The van der Waals surface area contributed by atoms with Gasteiger partial charge in [0.2, 0.25) is 0 Å². The second-order valence-corrected chi connectivity index (χ2v) is 4.33. The van der Waals surface area contributed by atoms with E-state index in [1.807, 2.05) is 0 Å². The van der Waals surface area contributed by atoms with E-state index in [-0.39, 0.29) is 16.7 Å². The first-order valence-corrected chi connectivity index (χ1v) is 5.77. The van der Waals surface area contributed by atoms with Crippen LogP contribution in [0.5, 0.6) is 0 Å². The molecule has 0 fully saturated rings. The predicted molar refractivity (Wildman–Crippen MR) is 60.6 cm³/mol. The number of benzene rings is 1. The molecule has 0 aliphatic carbocycles. The Bertz CT molecular complexity index is 404. The van der Waals surface area contributed by atoms with Gasteiger partial charge in [-0.05, 0) is 30.0 Å². The molecule has 1 rings (SSSR count). The van der Waals surface area contributed by atoms with Gasteiger partial charge in [0, 0.05) is 22.8 Å². The Morgan fingerprint density at radius 2 is 2.06 bits per heavy atom. The van der Waals surface area contributed by atoms with E-state index in [9.17, 15) is 13.2 Å². The van der Waals surface area contributed by atoms with E-state index in [1.165, 1.54) is 12.1 Å². The Labute approximate surface area is 101 Å². The summed E-state index contributed by atoms with van der Waals surface area (Å²) in [6.45, 7) is 0. The van der Waals surface area contributed by atoms with Crippen LogP contribution in [-0.4, -0.2) is 11.4 Å². The second kappa shape index (κ2) is 6.07. The summed E-state index contributed by atoms with van der Waals surface area (Å²) in [5, 5.41) is 0. The monoisotopic (exact) mass is 264 g/mol. The molecule has 1 aromatic rings. The number of hydrogen-bond acceptors (Lipinski definition) is 1. The molecule has 86 valence electrons. The average molecular weight is 265 g/mol. The molecule has 0 bridgehead atoms. The van der Waals surface area contributed by atoms with Crippen molar-refractivity contribution in [2.75, 3.05) is 5.88 Å². The van der Waals surface area contributed by atoms with Crippen LogP contribution in [0.1, 0.15) is 12.0 Å². The lowest BCUT2D eigenvalue weighted by molar-refractivity contribution is -0.0328. The standard InChI is InChI=1S/C11H8ClF3S/c12-7-2-1-4-9-5-3-6-10(8-9)16-11(13,14)15/h3,5-6,8H,2,7H2. The molecule has 0 heterocycles. The average Bonchev–Trinajstić information content (AvgIpc) is 2.16. The molecule has 0 aliphatic heterocycles. The van der Waals surface area contributed by atoms with Gasteiger partial charge in [0.25, 0.3) is 0 Å². The molecule has 0 aromatic heterocycles. The zero-order valence-electron chi connectivity index (χ0n) is 8.14. The van der Waals surface area contributed by atoms with Gasteiger partial charge in [0.15, 0.2) is 0 Å². The van der Waals surface area contributed by atoms with Crippen molar-refractivity contribution in [2.45, 2.75) is 16.8 Å². The maximum Gasteiger partial charge on any atom is 0.446 e. The summed E-state index contributed by atoms with van der Waals surface area (Å²) in [5.41, 5.74) is -3.69. The Morgan fingerprint density at radius 3 is 2.69 bits per heavy atom. The molecule has 16 heavy (non-hydrogen) atoms. The van der Waals surface area contributed by atoms with Crippen molar-refractivity contribution in [1.29, 1.82) is 0 Å². The fourth-order valence-corrected chi connectivity index (χ4v) is 1.68. The van der Waals surface area contributed by atoms with Crippen molar-refractivity contribution >= 4 is 23.4 Å². The van der Waals surface area contributed by atoms with Crippen LogP contribution in [-0.2, 0) is 0 Å². The molecule has 0 atom stereocenters. The zero-order valence-corrected chi connectivity index (χ0v) is 9.72. The molecule has 0 aliphatic rings. The third kappa shape index (κ3) is 5.34. The van der Waals surface area contributed by atoms with Crippen LogP contribution in [0.25, 0.3) is 0 Å². The minimum absolute atomic E-state index is 0.140. The van der Waals surface area contributed by atoms with E-state index in [4.69, 9.17) is 11.6 Å². The molecule has 5 heteroatoms. The van der Waals surface area contributed by atoms with Gasteiger partial charge in [-0.1, -0.05) is 17.9 Å². The van der Waals surface area contributed by atoms with Crippen LogP contribution in [0.15, 0.2) is 29.2 Å². The summed E-state index contributed by atoms with van der Waals surface area (Å²) in [4.78, 5) is 0.144. The number of halogens is 4. The first-order valence-electron chi connectivity index (χ1n) is 4.42. The summed E-state index contributed by atoms with van der Waals surface area (Å²) in [6, 6.07) is 6.05. The fourth-order valence-electron chi connectivity index (χ4n) is 0.983. The van der Waals surface area contributed by atoms with Gasteiger partial charge in [0.1, 0.15) is 0 Å². The third-order valence-corrected chi connectivity index (χ3v) is 2.43. The van der Waals surface area contributed by atoms with E-state index in [0.29, 0.717) is 17.9 Å². The molecule has 0 saturated heterocycles. The molecule has 0 amide bonds. The summed E-state index contributed by atoms with van der Waals surface area (Å²) >= 11 is 5.29. The minimum atomic E-state index is -4.26. The van der Waals surface area contributed by atoms with Gasteiger partial charge in [-0.3, -0.25) is 0 Å². The van der Waals surface area contributed by atoms with Crippen molar-refractivity contribution in [3.63, 3.8) is 0 Å². The topological polar surface area (TPSA) is 0 Å². The maximum atomic E-state index is 12.1. The van der Waals surface area contributed by atoms with E-state index in [1.54, 1.807) is 12.1 Å². The van der Waals surface area contributed by atoms with Gasteiger partial charge in [-0.25, -0.2) is 0 Å². The first-order chi connectivity index (χ1) is 7.51. The molecular formula is C11H8ClF3S. The molecule has 0 radical (unpaired) electrons. The Balaban J connectivity index is 2.76. The van der Waals surface area contributed by atoms with Crippen molar-refractivity contribution in [3.05, 3.63) is 29.8 Å². The van der Waals surface area contributed by atoms with E-state index in [0.717, 1.165) is 0 Å². The maximum absolute atomic E-state index is 12.1. The number of alkyl halides is 4. The summed E-state index contributed by atoms with van der Waals surface area (Å²) in [7, 11) is 0. The Hall–Kier alpha value is -0.790. The highest BCUT2D eigenvalue weighted by molar-refractivity contribution is 8.00. The summed E-state index contributed by atoms with van der Waals surface area (Å²) < 4.78 is 36.3. The number of thioether (sulfide) groups is 1. The fraction of sp³-hybridized carbons (Fsp3) is 0.273. The van der Waals surface area contributed by atoms with Gasteiger partial charge in [0.05, 0.1) is 0 Å². The van der Waals surface area contributed by atoms with E-state index in [2.05, 4.69) is 11.8 Å². The van der Waals surface area contributed by atoms with Crippen molar-refractivity contribution in [3.8, 4) is 11.8 Å². The highest BCUT2D eigenvalue weighted by Crippen LogP contribution is 2.36. The Morgan fingerprint density at radius 1 is 1.31 bits per heavy atom. The molecule has 0 N–H and O–H groups in total. The summed E-state index contributed by atoms with van der Waals surface area (Å²) in [6.07, 6.45) is 0.526. The number of rotatable bonds is 2. The smallest absolute Gasteiger partial charge is 0.160 e. The van der Waals surface area contributed by atoms with E-state index < -0.39 is 5.51 Å². The van der Waals surface area contributed by atoms with Crippen LogP contribution in [0, 0.1) is 11.8 Å². The van der Waals surface area contributed by atoms with Gasteiger partial charge in [-0.2, -0.15) is 13.2 Å². The lowest BCUT2D eigenvalue weighted by Crippen LogP contribution is -1.98. The third-order valence-electron chi connectivity index (χ3n) is 1.52.